The Labute approximate surface area is 63.0 Å². The molecule has 0 aromatic carbocycles. The van der Waals surface area contributed by atoms with Crippen LogP contribution in [0.2, 0.25) is 0 Å². The van der Waals surface area contributed by atoms with Crippen molar-refractivity contribution in [3.63, 3.8) is 0 Å². The van der Waals surface area contributed by atoms with Crippen molar-refractivity contribution in [2.45, 2.75) is 6.92 Å². The number of carbonyl (C=O) groups is 1. The number of amides is 1. The van der Waals surface area contributed by atoms with Crippen molar-refractivity contribution in [2.24, 2.45) is 0 Å². The van der Waals surface area contributed by atoms with Crippen molar-refractivity contribution in [2.75, 3.05) is 6.54 Å². The zero-order chi connectivity index (χ0) is 8.27. The normalized spacial score (nSPS) is 9.55. The first-order chi connectivity index (χ1) is 5.24. The molecule has 1 aromatic rings. The molecular weight excluding hydrogens is 148 g/mol. The van der Waals surface area contributed by atoms with Gasteiger partial charge in [-0.05, 0) is 6.92 Å². The smallest absolute Gasteiger partial charge is 0.351 e. The minimum Gasteiger partial charge on any atom is -0.351 e. The average Bonchev–Trinajstić information content (AvgIpc) is 2.36. The Bertz CT molecular complexity index is 256. The predicted octanol–water partition coefficient (Wildman–Crippen LogP) is 0.568. The number of nitrogens with zero attached hydrogens (tertiary/aromatic N) is 1. The molecule has 0 aliphatic heterocycles. The minimum atomic E-state index is -0.605. The SMILES string of the molecule is CCNC(=O)c1cc([O])on1. The highest BCUT2D eigenvalue weighted by Gasteiger charge is 2.10. The topological polar surface area (TPSA) is 75.0 Å². The van der Waals surface area contributed by atoms with E-state index in [0.29, 0.717) is 6.54 Å². The lowest BCUT2D eigenvalue weighted by Crippen LogP contribution is -2.22. The summed E-state index contributed by atoms with van der Waals surface area (Å²) in [5, 5.41) is 16.1. The van der Waals surface area contributed by atoms with Crippen molar-refractivity contribution in [1.82, 2.24) is 10.5 Å². The summed E-state index contributed by atoms with van der Waals surface area (Å²) in [4.78, 5) is 10.9. The van der Waals surface area contributed by atoms with E-state index in [1.54, 1.807) is 6.92 Å². The van der Waals surface area contributed by atoms with Gasteiger partial charge in [-0.3, -0.25) is 4.79 Å². The molecule has 0 saturated carbocycles. The Morgan fingerprint density at radius 1 is 1.82 bits per heavy atom. The highest BCUT2D eigenvalue weighted by atomic mass is 16.5. The quantitative estimate of drug-likeness (QED) is 0.678. The first kappa shape index (κ1) is 7.59. The number of aromatic nitrogens is 1. The molecule has 1 radical (unpaired) electrons. The Hall–Kier alpha value is -1.52. The van der Waals surface area contributed by atoms with Gasteiger partial charge in [-0.1, -0.05) is 5.16 Å². The van der Waals surface area contributed by atoms with Crippen LogP contribution in [-0.2, 0) is 5.11 Å². The maximum absolute atomic E-state index is 10.9. The van der Waals surface area contributed by atoms with E-state index < -0.39 is 11.9 Å². The molecule has 0 atom stereocenters. The number of hydrogen-bond donors (Lipinski definition) is 1. The van der Waals surface area contributed by atoms with Crippen LogP contribution in [0.25, 0.3) is 0 Å². The van der Waals surface area contributed by atoms with Gasteiger partial charge in [-0.25, -0.2) is 5.11 Å². The van der Waals surface area contributed by atoms with Crippen LogP contribution in [0.15, 0.2) is 10.6 Å². The number of nitrogens with one attached hydrogen (secondary N) is 1. The monoisotopic (exact) mass is 155 g/mol. The first-order valence-corrected chi connectivity index (χ1v) is 3.16. The summed E-state index contributed by atoms with van der Waals surface area (Å²) in [6.45, 7) is 2.27. The molecule has 1 aromatic heterocycles. The van der Waals surface area contributed by atoms with E-state index in [0.717, 1.165) is 6.07 Å². The fraction of sp³-hybridized carbons (Fsp3) is 0.333. The zero-order valence-electron chi connectivity index (χ0n) is 5.96. The molecule has 0 unspecified atom stereocenters. The van der Waals surface area contributed by atoms with Gasteiger partial charge in [0.1, 0.15) is 0 Å². The largest absolute Gasteiger partial charge is 0.361 e. The molecule has 1 amide bonds. The van der Waals surface area contributed by atoms with Crippen molar-refractivity contribution in [3.8, 4) is 5.95 Å². The van der Waals surface area contributed by atoms with Crippen LogP contribution in [0.4, 0.5) is 0 Å². The summed E-state index contributed by atoms with van der Waals surface area (Å²) in [6.07, 6.45) is 0. The van der Waals surface area contributed by atoms with E-state index in [1.165, 1.54) is 0 Å². The summed E-state index contributed by atoms with van der Waals surface area (Å²) < 4.78 is 4.17. The predicted molar refractivity (Wildman–Crippen MR) is 34.6 cm³/mol. The van der Waals surface area contributed by atoms with Gasteiger partial charge >= 0.3 is 5.95 Å². The van der Waals surface area contributed by atoms with Gasteiger partial charge in [0.05, 0.1) is 6.07 Å². The zero-order valence-corrected chi connectivity index (χ0v) is 5.96. The van der Waals surface area contributed by atoms with Crippen molar-refractivity contribution < 1.29 is 14.4 Å². The van der Waals surface area contributed by atoms with Gasteiger partial charge in [0.15, 0.2) is 5.69 Å². The first-order valence-electron chi connectivity index (χ1n) is 3.16. The summed E-state index contributed by atoms with van der Waals surface area (Å²) >= 11 is 0. The van der Waals surface area contributed by atoms with E-state index in [2.05, 4.69) is 15.0 Å². The maximum atomic E-state index is 10.9. The van der Waals surface area contributed by atoms with Gasteiger partial charge in [0.2, 0.25) is 0 Å². The highest BCUT2D eigenvalue weighted by molar-refractivity contribution is 5.92. The molecule has 11 heavy (non-hydrogen) atoms. The van der Waals surface area contributed by atoms with Crippen LogP contribution in [-0.4, -0.2) is 17.6 Å². The van der Waals surface area contributed by atoms with Gasteiger partial charge < -0.3 is 9.84 Å². The lowest BCUT2D eigenvalue weighted by Gasteiger charge is -1.93. The molecule has 5 heteroatoms. The molecule has 0 spiro atoms. The molecule has 5 nitrogen and oxygen atoms in total. The standard InChI is InChI=1S/C6H7N2O3/c1-2-7-6(10)4-3-5(9)11-8-4/h3H,2H2,1H3,(H,7,10). The average molecular weight is 155 g/mol. The molecular formula is C6H7N2O3. The van der Waals surface area contributed by atoms with Gasteiger partial charge in [-0.2, -0.15) is 0 Å². The summed E-state index contributed by atoms with van der Waals surface area (Å²) in [5.41, 5.74) is 0.0249. The van der Waals surface area contributed by atoms with E-state index in [1.807, 2.05) is 0 Å². The maximum Gasteiger partial charge on any atom is 0.361 e. The lowest BCUT2D eigenvalue weighted by molar-refractivity contribution is 0.0946. The highest BCUT2D eigenvalue weighted by Crippen LogP contribution is 2.09. The second kappa shape index (κ2) is 3.05. The molecule has 59 valence electrons. The molecule has 0 bridgehead atoms. The molecule has 1 N–H and O–H groups in total. The fourth-order valence-corrected chi connectivity index (χ4v) is 0.617. The van der Waals surface area contributed by atoms with Gasteiger partial charge in [0, 0.05) is 6.54 Å². The van der Waals surface area contributed by atoms with Crippen LogP contribution in [0.5, 0.6) is 5.95 Å². The van der Waals surface area contributed by atoms with Crippen LogP contribution < -0.4 is 5.32 Å². The van der Waals surface area contributed by atoms with Crippen molar-refractivity contribution in [1.29, 1.82) is 0 Å². The summed E-state index contributed by atoms with van der Waals surface area (Å²) in [7, 11) is 0. The van der Waals surface area contributed by atoms with E-state index in [-0.39, 0.29) is 5.69 Å². The second-order valence-electron chi connectivity index (χ2n) is 1.89. The van der Waals surface area contributed by atoms with Gasteiger partial charge in [0.25, 0.3) is 5.91 Å². The Kier molecular flexibility index (Phi) is 2.10. The second-order valence-corrected chi connectivity index (χ2v) is 1.89. The molecule has 0 saturated heterocycles. The molecule has 1 rings (SSSR count). The minimum absolute atomic E-state index is 0.0249. The fourth-order valence-electron chi connectivity index (χ4n) is 0.617. The summed E-state index contributed by atoms with van der Waals surface area (Å²) in [6, 6.07) is 1.05. The van der Waals surface area contributed by atoms with Crippen LogP contribution >= 0.6 is 0 Å². The Morgan fingerprint density at radius 3 is 3.00 bits per heavy atom. The van der Waals surface area contributed by atoms with Crippen molar-refractivity contribution >= 4 is 5.91 Å². The Balaban J connectivity index is 2.69. The lowest BCUT2D eigenvalue weighted by atomic mass is 10.4. The third-order valence-corrected chi connectivity index (χ3v) is 1.06. The van der Waals surface area contributed by atoms with Crippen LogP contribution in [0.3, 0.4) is 0 Å². The number of hydrogen-bond acceptors (Lipinski definition) is 3. The molecule has 0 fully saturated rings. The van der Waals surface area contributed by atoms with Crippen LogP contribution in [0, 0.1) is 0 Å². The Morgan fingerprint density at radius 2 is 2.55 bits per heavy atom. The van der Waals surface area contributed by atoms with Crippen molar-refractivity contribution in [3.05, 3.63) is 11.8 Å². The van der Waals surface area contributed by atoms with Gasteiger partial charge in [-0.15, -0.1) is 0 Å². The van der Waals surface area contributed by atoms with E-state index in [9.17, 15) is 9.90 Å². The third-order valence-electron chi connectivity index (χ3n) is 1.06. The number of carbonyl (C=O) groups excluding carboxylic acids is 1. The van der Waals surface area contributed by atoms with E-state index >= 15 is 0 Å². The molecule has 0 aliphatic carbocycles. The molecule has 0 aliphatic rings. The molecule has 1 heterocycles. The van der Waals surface area contributed by atoms with E-state index in [4.69, 9.17) is 0 Å². The third kappa shape index (κ3) is 1.70. The summed E-state index contributed by atoms with van der Waals surface area (Å²) in [5.74, 6) is -0.996. The number of rotatable bonds is 2. The van der Waals surface area contributed by atoms with Crippen LogP contribution in [0.1, 0.15) is 17.4 Å².